The quantitative estimate of drug-likeness (QED) is 0.464. The van der Waals surface area contributed by atoms with Gasteiger partial charge in [-0.15, -0.1) is 6.58 Å². The fourth-order valence-electron chi connectivity index (χ4n) is 1.09. The van der Waals surface area contributed by atoms with Crippen LogP contribution in [0.25, 0.3) is 0 Å². The molecule has 2 heteroatoms. The van der Waals surface area contributed by atoms with Gasteiger partial charge in [0.25, 0.3) is 0 Å². The van der Waals surface area contributed by atoms with E-state index in [0.29, 0.717) is 6.10 Å². The minimum atomic E-state index is 0.458. The van der Waals surface area contributed by atoms with Crippen molar-refractivity contribution in [1.82, 2.24) is 5.32 Å². The molecule has 1 heterocycles. The minimum absolute atomic E-state index is 0.458. The molecule has 0 radical (unpaired) electrons. The van der Waals surface area contributed by atoms with Crippen LogP contribution >= 0.6 is 0 Å². The van der Waals surface area contributed by atoms with Crippen LogP contribution in [0.2, 0.25) is 0 Å². The Morgan fingerprint density at radius 2 is 2.60 bits per heavy atom. The van der Waals surface area contributed by atoms with Crippen LogP contribution in [0.4, 0.5) is 0 Å². The van der Waals surface area contributed by atoms with Gasteiger partial charge >= 0.3 is 0 Å². The Morgan fingerprint density at radius 3 is 3.20 bits per heavy atom. The second kappa shape index (κ2) is 4.47. The Kier molecular flexibility index (Phi) is 3.47. The molecule has 0 aromatic heterocycles. The predicted molar refractivity (Wildman–Crippen MR) is 42.0 cm³/mol. The molecule has 1 atom stereocenters. The summed E-state index contributed by atoms with van der Waals surface area (Å²) >= 11 is 0. The first-order valence-corrected chi connectivity index (χ1v) is 3.86. The monoisotopic (exact) mass is 141 g/mol. The maximum absolute atomic E-state index is 5.51. The van der Waals surface area contributed by atoms with Crippen LogP contribution in [0.5, 0.6) is 0 Å². The third-order valence-electron chi connectivity index (χ3n) is 1.69. The maximum atomic E-state index is 5.51. The van der Waals surface area contributed by atoms with Crippen molar-refractivity contribution in [1.29, 1.82) is 0 Å². The van der Waals surface area contributed by atoms with Crippen LogP contribution in [0.1, 0.15) is 12.8 Å². The smallest absolute Gasteiger partial charge is 0.0711 e. The molecule has 1 unspecified atom stereocenters. The van der Waals surface area contributed by atoms with E-state index in [9.17, 15) is 0 Å². The zero-order chi connectivity index (χ0) is 7.23. The molecule has 1 aliphatic heterocycles. The lowest BCUT2D eigenvalue weighted by molar-refractivity contribution is 0.0706. The van der Waals surface area contributed by atoms with Crippen LogP contribution in [0, 0.1) is 0 Å². The summed E-state index contributed by atoms with van der Waals surface area (Å²) in [6.45, 7) is 6.59. The Morgan fingerprint density at radius 1 is 1.70 bits per heavy atom. The lowest BCUT2D eigenvalue weighted by atomic mass is 10.3. The highest BCUT2D eigenvalue weighted by atomic mass is 16.5. The van der Waals surface area contributed by atoms with Gasteiger partial charge < -0.3 is 10.1 Å². The lowest BCUT2D eigenvalue weighted by Gasteiger charge is -2.07. The van der Waals surface area contributed by atoms with Gasteiger partial charge in [0.15, 0.2) is 0 Å². The van der Waals surface area contributed by atoms with E-state index in [1.807, 2.05) is 6.08 Å². The second-order valence-corrected chi connectivity index (χ2v) is 2.56. The Hall–Kier alpha value is -0.340. The van der Waals surface area contributed by atoms with E-state index in [1.165, 1.54) is 0 Å². The normalized spacial score (nSPS) is 25.0. The Balaban J connectivity index is 1.96. The first-order valence-electron chi connectivity index (χ1n) is 3.86. The van der Waals surface area contributed by atoms with Crippen molar-refractivity contribution in [3.8, 4) is 0 Å². The average molecular weight is 141 g/mol. The van der Waals surface area contributed by atoms with Gasteiger partial charge in [0.1, 0.15) is 0 Å². The van der Waals surface area contributed by atoms with Gasteiger partial charge in [0.05, 0.1) is 12.7 Å². The molecule has 0 spiro atoms. The van der Waals surface area contributed by atoms with Crippen molar-refractivity contribution in [2.75, 3.05) is 19.7 Å². The molecule has 0 saturated carbocycles. The summed E-state index contributed by atoms with van der Waals surface area (Å²) in [5.41, 5.74) is 0. The standard InChI is InChI=1S/C8H15NO/c1-2-3-6-10-8-4-5-9-7-8/h2,8-9H,1,3-7H2. The summed E-state index contributed by atoms with van der Waals surface area (Å²) in [7, 11) is 0. The van der Waals surface area contributed by atoms with E-state index in [4.69, 9.17) is 4.74 Å². The van der Waals surface area contributed by atoms with E-state index in [-0.39, 0.29) is 0 Å². The highest BCUT2D eigenvalue weighted by Crippen LogP contribution is 2.02. The lowest BCUT2D eigenvalue weighted by Crippen LogP contribution is -2.16. The molecular formula is C8H15NO. The van der Waals surface area contributed by atoms with Gasteiger partial charge in [-0.3, -0.25) is 0 Å². The van der Waals surface area contributed by atoms with Crippen LogP contribution < -0.4 is 5.32 Å². The average Bonchev–Trinajstić information content (AvgIpc) is 2.41. The number of rotatable bonds is 4. The molecule has 10 heavy (non-hydrogen) atoms. The van der Waals surface area contributed by atoms with E-state index in [0.717, 1.165) is 32.5 Å². The summed E-state index contributed by atoms with van der Waals surface area (Å²) in [4.78, 5) is 0. The van der Waals surface area contributed by atoms with Crippen molar-refractivity contribution >= 4 is 0 Å². The molecule has 0 aromatic rings. The largest absolute Gasteiger partial charge is 0.377 e. The Bertz CT molecular complexity index is 97.4. The number of nitrogens with one attached hydrogen (secondary N) is 1. The number of hydrogen-bond donors (Lipinski definition) is 1. The van der Waals surface area contributed by atoms with Crippen LogP contribution in [0.15, 0.2) is 12.7 Å². The molecule has 2 nitrogen and oxygen atoms in total. The molecule has 1 aliphatic rings. The van der Waals surface area contributed by atoms with Gasteiger partial charge in [-0.2, -0.15) is 0 Å². The summed E-state index contributed by atoms with van der Waals surface area (Å²) in [5, 5.41) is 3.25. The van der Waals surface area contributed by atoms with E-state index in [1.54, 1.807) is 0 Å². The molecule has 1 rings (SSSR count). The SMILES string of the molecule is C=CCCOC1CCNC1. The van der Waals surface area contributed by atoms with Crippen molar-refractivity contribution in [2.24, 2.45) is 0 Å². The number of hydrogen-bond acceptors (Lipinski definition) is 2. The van der Waals surface area contributed by atoms with Crippen LogP contribution in [-0.4, -0.2) is 25.8 Å². The molecule has 0 bridgehead atoms. The molecular weight excluding hydrogens is 126 g/mol. The molecule has 0 amide bonds. The molecule has 58 valence electrons. The molecule has 1 saturated heterocycles. The van der Waals surface area contributed by atoms with Crippen LogP contribution in [-0.2, 0) is 4.74 Å². The summed E-state index contributed by atoms with van der Waals surface area (Å²) in [6, 6.07) is 0. The van der Waals surface area contributed by atoms with E-state index < -0.39 is 0 Å². The highest BCUT2D eigenvalue weighted by Gasteiger charge is 2.13. The van der Waals surface area contributed by atoms with Crippen molar-refractivity contribution < 1.29 is 4.74 Å². The summed E-state index contributed by atoms with van der Waals surface area (Å²) in [5.74, 6) is 0. The molecule has 0 aromatic carbocycles. The highest BCUT2D eigenvalue weighted by molar-refractivity contribution is 4.72. The molecule has 1 fully saturated rings. The van der Waals surface area contributed by atoms with Crippen molar-refractivity contribution in [3.05, 3.63) is 12.7 Å². The Labute approximate surface area is 62.3 Å². The van der Waals surface area contributed by atoms with E-state index >= 15 is 0 Å². The van der Waals surface area contributed by atoms with E-state index in [2.05, 4.69) is 11.9 Å². The second-order valence-electron chi connectivity index (χ2n) is 2.56. The first kappa shape index (κ1) is 7.76. The fourth-order valence-corrected chi connectivity index (χ4v) is 1.09. The van der Waals surface area contributed by atoms with Crippen molar-refractivity contribution in [3.63, 3.8) is 0 Å². The van der Waals surface area contributed by atoms with Gasteiger partial charge in [0, 0.05) is 6.54 Å². The topological polar surface area (TPSA) is 21.3 Å². The first-order chi connectivity index (χ1) is 4.93. The van der Waals surface area contributed by atoms with Gasteiger partial charge in [-0.05, 0) is 19.4 Å². The van der Waals surface area contributed by atoms with Crippen molar-refractivity contribution in [2.45, 2.75) is 18.9 Å². The molecule has 1 N–H and O–H groups in total. The maximum Gasteiger partial charge on any atom is 0.0711 e. The third-order valence-corrected chi connectivity index (χ3v) is 1.69. The summed E-state index contributed by atoms with van der Waals surface area (Å²) < 4.78 is 5.51. The minimum Gasteiger partial charge on any atom is -0.377 e. The zero-order valence-corrected chi connectivity index (χ0v) is 6.31. The van der Waals surface area contributed by atoms with Gasteiger partial charge in [-0.1, -0.05) is 6.08 Å². The third kappa shape index (κ3) is 2.50. The van der Waals surface area contributed by atoms with Gasteiger partial charge in [-0.25, -0.2) is 0 Å². The number of ether oxygens (including phenoxy) is 1. The fraction of sp³-hybridized carbons (Fsp3) is 0.750. The summed E-state index contributed by atoms with van der Waals surface area (Å²) in [6.07, 6.45) is 4.48. The van der Waals surface area contributed by atoms with Crippen LogP contribution in [0.3, 0.4) is 0 Å². The molecule has 0 aliphatic carbocycles. The predicted octanol–water partition coefficient (Wildman–Crippen LogP) is 0.941. The zero-order valence-electron chi connectivity index (χ0n) is 6.31. The van der Waals surface area contributed by atoms with Gasteiger partial charge in [0.2, 0.25) is 0 Å².